The van der Waals surface area contributed by atoms with Crippen molar-refractivity contribution in [2.75, 3.05) is 0 Å². The van der Waals surface area contributed by atoms with Crippen molar-refractivity contribution < 1.29 is 24.0 Å². The zero-order valence-corrected chi connectivity index (χ0v) is 14.1. The standard InChI is InChI=1S/C18H19N3O5/c19-13(22)7-2-1-4-10-5-3-6-11-15(10)18(26)21(17(11)25)12-8-9-14(23)20-16(12)24/h3,5-6,12H,1-2,4,7-9H2,(H2,19,22)(H,20,23,24). The molecule has 3 rings (SSSR count). The second-order valence-corrected chi connectivity index (χ2v) is 6.46. The number of aryl methyl sites for hydroxylation is 1. The van der Waals surface area contributed by atoms with Gasteiger partial charge in [-0.1, -0.05) is 12.1 Å². The number of piperidine rings is 1. The lowest BCUT2D eigenvalue weighted by molar-refractivity contribution is -0.136. The van der Waals surface area contributed by atoms with E-state index in [1.165, 1.54) is 0 Å². The molecule has 8 nitrogen and oxygen atoms in total. The third-order valence-corrected chi connectivity index (χ3v) is 4.67. The Labute approximate surface area is 149 Å². The van der Waals surface area contributed by atoms with Gasteiger partial charge in [0.05, 0.1) is 11.1 Å². The van der Waals surface area contributed by atoms with Crippen LogP contribution in [0.3, 0.4) is 0 Å². The van der Waals surface area contributed by atoms with E-state index in [1.807, 2.05) is 0 Å². The normalized spacial score (nSPS) is 19.5. The average molecular weight is 357 g/mol. The molecule has 0 aromatic heterocycles. The smallest absolute Gasteiger partial charge is 0.262 e. The number of nitrogens with zero attached hydrogens (tertiary/aromatic N) is 1. The highest BCUT2D eigenvalue weighted by molar-refractivity contribution is 6.24. The first-order valence-corrected chi connectivity index (χ1v) is 8.52. The van der Waals surface area contributed by atoms with Gasteiger partial charge in [-0.15, -0.1) is 0 Å². The van der Waals surface area contributed by atoms with Gasteiger partial charge in [0.25, 0.3) is 11.8 Å². The minimum atomic E-state index is -0.970. The van der Waals surface area contributed by atoms with Crippen molar-refractivity contribution in [3.05, 3.63) is 34.9 Å². The second-order valence-electron chi connectivity index (χ2n) is 6.46. The number of hydrogen-bond acceptors (Lipinski definition) is 5. The molecule has 1 atom stereocenters. The maximum absolute atomic E-state index is 12.9. The number of carbonyl (C=O) groups excluding carboxylic acids is 5. The van der Waals surface area contributed by atoms with Gasteiger partial charge in [0, 0.05) is 12.8 Å². The van der Waals surface area contributed by atoms with E-state index in [9.17, 15) is 24.0 Å². The summed E-state index contributed by atoms with van der Waals surface area (Å²) in [6, 6.07) is 4.06. The Bertz CT molecular complexity index is 817. The van der Waals surface area contributed by atoms with E-state index in [0.29, 0.717) is 30.4 Å². The van der Waals surface area contributed by atoms with Crippen LogP contribution >= 0.6 is 0 Å². The van der Waals surface area contributed by atoms with Gasteiger partial charge in [-0.05, 0) is 37.3 Å². The summed E-state index contributed by atoms with van der Waals surface area (Å²) in [5.41, 5.74) is 6.41. The quantitative estimate of drug-likeness (QED) is 0.559. The summed E-state index contributed by atoms with van der Waals surface area (Å²) in [5.74, 6) is -2.43. The summed E-state index contributed by atoms with van der Waals surface area (Å²) >= 11 is 0. The van der Waals surface area contributed by atoms with Gasteiger partial charge in [0.15, 0.2) is 0 Å². The van der Waals surface area contributed by atoms with Crippen LogP contribution in [0, 0.1) is 0 Å². The Morgan fingerprint density at radius 3 is 2.62 bits per heavy atom. The molecule has 0 aliphatic carbocycles. The van der Waals surface area contributed by atoms with Crippen LogP contribution < -0.4 is 11.1 Å². The van der Waals surface area contributed by atoms with E-state index in [1.54, 1.807) is 18.2 Å². The Balaban J connectivity index is 1.81. The zero-order chi connectivity index (χ0) is 18.8. The fourth-order valence-electron chi connectivity index (χ4n) is 3.41. The van der Waals surface area contributed by atoms with Crippen LogP contribution in [-0.2, 0) is 20.8 Å². The third-order valence-electron chi connectivity index (χ3n) is 4.67. The van der Waals surface area contributed by atoms with Crippen LogP contribution in [0.2, 0.25) is 0 Å². The number of rotatable bonds is 6. The lowest BCUT2D eigenvalue weighted by Gasteiger charge is -2.27. The molecule has 3 N–H and O–H groups in total. The van der Waals surface area contributed by atoms with Crippen LogP contribution in [0.4, 0.5) is 0 Å². The summed E-state index contributed by atoms with van der Waals surface area (Å²) in [6.45, 7) is 0. The van der Waals surface area contributed by atoms with E-state index in [0.717, 1.165) is 4.90 Å². The predicted molar refractivity (Wildman–Crippen MR) is 89.9 cm³/mol. The lowest BCUT2D eigenvalue weighted by Crippen LogP contribution is -2.54. The van der Waals surface area contributed by atoms with E-state index in [2.05, 4.69) is 5.32 Å². The van der Waals surface area contributed by atoms with Crippen LogP contribution in [0.1, 0.15) is 58.4 Å². The van der Waals surface area contributed by atoms with Gasteiger partial charge in [-0.3, -0.25) is 34.2 Å². The van der Waals surface area contributed by atoms with Gasteiger partial charge in [-0.2, -0.15) is 0 Å². The molecule has 0 radical (unpaired) electrons. The highest BCUT2D eigenvalue weighted by Crippen LogP contribution is 2.30. The van der Waals surface area contributed by atoms with Crippen molar-refractivity contribution in [1.29, 1.82) is 0 Å². The van der Waals surface area contributed by atoms with Crippen molar-refractivity contribution in [2.24, 2.45) is 5.73 Å². The van der Waals surface area contributed by atoms with Crippen molar-refractivity contribution in [1.82, 2.24) is 10.2 Å². The van der Waals surface area contributed by atoms with Crippen molar-refractivity contribution in [3.8, 4) is 0 Å². The number of primary amides is 1. The molecule has 1 fully saturated rings. The first-order chi connectivity index (χ1) is 12.4. The molecule has 0 saturated carbocycles. The van der Waals surface area contributed by atoms with Crippen molar-refractivity contribution >= 4 is 29.5 Å². The molecule has 0 bridgehead atoms. The van der Waals surface area contributed by atoms with E-state index < -0.39 is 29.7 Å². The van der Waals surface area contributed by atoms with E-state index in [4.69, 9.17) is 5.73 Å². The van der Waals surface area contributed by atoms with Crippen LogP contribution in [-0.4, -0.2) is 40.5 Å². The Morgan fingerprint density at radius 2 is 1.92 bits per heavy atom. The number of benzene rings is 1. The number of nitrogens with two attached hydrogens (primary N) is 1. The minimum Gasteiger partial charge on any atom is -0.370 e. The van der Waals surface area contributed by atoms with Gasteiger partial charge in [0.2, 0.25) is 17.7 Å². The second kappa shape index (κ2) is 7.07. The van der Waals surface area contributed by atoms with Gasteiger partial charge in [0.1, 0.15) is 6.04 Å². The number of fused-ring (bicyclic) bond motifs is 1. The van der Waals surface area contributed by atoms with Crippen molar-refractivity contribution in [2.45, 2.75) is 44.6 Å². The molecule has 0 spiro atoms. The van der Waals surface area contributed by atoms with Gasteiger partial charge >= 0.3 is 0 Å². The van der Waals surface area contributed by atoms with Crippen LogP contribution in [0.15, 0.2) is 18.2 Å². The summed E-state index contributed by atoms with van der Waals surface area (Å²) in [7, 11) is 0. The molecule has 2 aliphatic heterocycles. The number of imide groups is 2. The van der Waals surface area contributed by atoms with Gasteiger partial charge in [-0.25, -0.2) is 0 Å². The highest BCUT2D eigenvalue weighted by atomic mass is 16.2. The van der Waals surface area contributed by atoms with E-state index >= 15 is 0 Å². The molecule has 2 aliphatic rings. The minimum absolute atomic E-state index is 0.0871. The number of amides is 5. The first-order valence-electron chi connectivity index (χ1n) is 8.52. The Hall–Kier alpha value is -3.03. The summed E-state index contributed by atoms with van der Waals surface area (Å²) < 4.78 is 0. The summed E-state index contributed by atoms with van der Waals surface area (Å²) in [5, 5.41) is 2.17. The molecule has 8 heteroatoms. The topological polar surface area (TPSA) is 127 Å². The number of unbranched alkanes of at least 4 members (excludes halogenated alkanes) is 1. The molecular formula is C18H19N3O5. The highest BCUT2D eigenvalue weighted by Gasteiger charge is 2.45. The number of carbonyl (C=O) groups is 5. The largest absolute Gasteiger partial charge is 0.370 e. The molecule has 1 saturated heterocycles. The van der Waals surface area contributed by atoms with Gasteiger partial charge < -0.3 is 5.73 Å². The molecule has 2 heterocycles. The molecular weight excluding hydrogens is 338 g/mol. The monoisotopic (exact) mass is 357 g/mol. The fourth-order valence-corrected chi connectivity index (χ4v) is 3.41. The predicted octanol–water partition coefficient (Wildman–Crippen LogP) is 0.286. The average Bonchev–Trinajstić information content (AvgIpc) is 2.84. The van der Waals surface area contributed by atoms with Crippen molar-refractivity contribution in [3.63, 3.8) is 0 Å². The lowest BCUT2D eigenvalue weighted by atomic mass is 9.98. The molecule has 1 unspecified atom stereocenters. The Kier molecular flexibility index (Phi) is 4.83. The summed E-state index contributed by atoms with van der Waals surface area (Å²) in [6.07, 6.45) is 2.26. The SMILES string of the molecule is NC(=O)CCCCc1cccc2c1C(=O)N(C1CCC(=O)NC1=O)C2=O. The van der Waals surface area contributed by atoms with Crippen LogP contribution in [0.5, 0.6) is 0 Å². The maximum atomic E-state index is 12.9. The molecule has 5 amide bonds. The molecule has 1 aromatic carbocycles. The van der Waals surface area contributed by atoms with E-state index in [-0.39, 0.29) is 30.7 Å². The molecule has 1 aromatic rings. The number of nitrogens with one attached hydrogen (secondary N) is 1. The maximum Gasteiger partial charge on any atom is 0.262 e. The third kappa shape index (κ3) is 3.22. The summed E-state index contributed by atoms with van der Waals surface area (Å²) in [4.78, 5) is 60.7. The number of hydrogen-bond donors (Lipinski definition) is 2. The Morgan fingerprint density at radius 1 is 1.15 bits per heavy atom. The zero-order valence-electron chi connectivity index (χ0n) is 14.1. The van der Waals surface area contributed by atoms with Crippen LogP contribution in [0.25, 0.3) is 0 Å². The first kappa shape index (κ1) is 17.8. The molecule has 26 heavy (non-hydrogen) atoms. The molecule has 136 valence electrons. The fraction of sp³-hybridized carbons (Fsp3) is 0.389.